The third-order valence-electron chi connectivity index (χ3n) is 5.24. The van der Waals surface area contributed by atoms with Crippen LogP contribution in [0.2, 0.25) is 0 Å². The Bertz CT molecular complexity index is 269. The highest BCUT2D eigenvalue weighted by Crippen LogP contribution is 2.29. The lowest BCUT2D eigenvalue weighted by atomic mass is 9.81. The number of rotatable bonds is 4. The summed E-state index contributed by atoms with van der Waals surface area (Å²) in [6, 6.07) is 2.20. The van der Waals surface area contributed by atoms with Gasteiger partial charge < -0.3 is 10.2 Å². The maximum Gasteiger partial charge on any atom is 0.0252 e. The molecule has 0 bridgehead atoms. The van der Waals surface area contributed by atoms with Crippen molar-refractivity contribution in [1.82, 2.24) is 15.1 Å². The van der Waals surface area contributed by atoms with Gasteiger partial charge in [0.1, 0.15) is 0 Å². The van der Waals surface area contributed by atoms with Crippen molar-refractivity contribution < 1.29 is 0 Å². The van der Waals surface area contributed by atoms with Crippen LogP contribution in [0.25, 0.3) is 0 Å². The summed E-state index contributed by atoms with van der Waals surface area (Å²) in [5.41, 5.74) is 0. The highest BCUT2D eigenvalue weighted by molar-refractivity contribution is 4.92. The Hall–Kier alpha value is -0.120. The average molecular weight is 267 g/mol. The van der Waals surface area contributed by atoms with E-state index in [9.17, 15) is 0 Å². The second kappa shape index (κ2) is 7.05. The molecule has 4 atom stereocenters. The highest BCUT2D eigenvalue weighted by atomic mass is 15.2. The van der Waals surface area contributed by atoms with Gasteiger partial charge in [0.15, 0.2) is 0 Å². The minimum absolute atomic E-state index is 0.707. The van der Waals surface area contributed by atoms with Gasteiger partial charge in [-0.2, -0.15) is 0 Å². The summed E-state index contributed by atoms with van der Waals surface area (Å²) in [6.45, 7) is 8.30. The molecule has 0 spiro atoms. The maximum atomic E-state index is 3.73. The second-order valence-corrected chi connectivity index (χ2v) is 6.87. The van der Waals surface area contributed by atoms with Crippen molar-refractivity contribution in [1.29, 1.82) is 0 Å². The molecule has 4 unspecified atom stereocenters. The summed E-state index contributed by atoms with van der Waals surface area (Å²) in [7, 11) is 4.64. The zero-order valence-electron chi connectivity index (χ0n) is 13.4. The van der Waals surface area contributed by atoms with Crippen molar-refractivity contribution in [2.45, 2.75) is 64.1 Å². The van der Waals surface area contributed by atoms with Gasteiger partial charge in [0.2, 0.25) is 0 Å². The molecule has 0 amide bonds. The molecule has 2 aliphatic rings. The molecule has 0 aromatic carbocycles. The smallest absolute Gasteiger partial charge is 0.0252 e. The molecule has 0 aromatic rings. The van der Waals surface area contributed by atoms with Crippen molar-refractivity contribution in [3.63, 3.8) is 0 Å². The first-order valence-electron chi connectivity index (χ1n) is 8.25. The number of likely N-dealkylation sites (tertiary alicyclic amines) is 1. The molecule has 19 heavy (non-hydrogen) atoms. The van der Waals surface area contributed by atoms with Crippen molar-refractivity contribution in [2.75, 3.05) is 33.7 Å². The van der Waals surface area contributed by atoms with Gasteiger partial charge in [-0.1, -0.05) is 13.8 Å². The van der Waals surface area contributed by atoms with Gasteiger partial charge in [0, 0.05) is 24.7 Å². The van der Waals surface area contributed by atoms with Crippen LogP contribution in [0, 0.1) is 5.92 Å². The van der Waals surface area contributed by atoms with Gasteiger partial charge in [-0.15, -0.1) is 0 Å². The molecule has 1 aliphatic heterocycles. The quantitative estimate of drug-likeness (QED) is 0.842. The van der Waals surface area contributed by atoms with E-state index in [4.69, 9.17) is 0 Å². The topological polar surface area (TPSA) is 18.5 Å². The van der Waals surface area contributed by atoms with Gasteiger partial charge in [-0.25, -0.2) is 0 Å². The fraction of sp³-hybridized carbons (Fsp3) is 1.00. The van der Waals surface area contributed by atoms with Crippen LogP contribution in [0.1, 0.15) is 46.0 Å². The Morgan fingerprint density at radius 2 is 2.05 bits per heavy atom. The first kappa shape index (κ1) is 15.3. The minimum atomic E-state index is 0.707. The van der Waals surface area contributed by atoms with Crippen LogP contribution >= 0.6 is 0 Å². The lowest BCUT2D eigenvalue weighted by molar-refractivity contribution is 0.0525. The van der Waals surface area contributed by atoms with Crippen molar-refractivity contribution in [2.24, 2.45) is 5.92 Å². The normalized spacial score (nSPS) is 37.7. The third-order valence-corrected chi connectivity index (χ3v) is 5.24. The highest BCUT2D eigenvalue weighted by Gasteiger charge is 2.34. The van der Waals surface area contributed by atoms with E-state index in [0.29, 0.717) is 6.04 Å². The molecule has 1 aliphatic carbocycles. The molecule has 112 valence electrons. The predicted molar refractivity (Wildman–Crippen MR) is 82.5 cm³/mol. The summed E-state index contributed by atoms with van der Waals surface area (Å²) < 4.78 is 0. The van der Waals surface area contributed by atoms with E-state index in [1.54, 1.807) is 0 Å². The van der Waals surface area contributed by atoms with E-state index in [-0.39, 0.29) is 0 Å². The van der Waals surface area contributed by atoms with Gasteiger partial charge in [0.25, 0.3) is 0 Å². The summed E-state index contributed by atoms with van der Waals surface area (Å²) in [6.07, 6.45) is 6.86. The SMILES string of the molecule is CCNC1CCC(C)CC1N(C)C1CCCN(C)C1. The van der Waals surface area contributed by atoms with Gasteiger partial charge in [-0.3, -0.25) is 4.90 Å². The molecule has 3 heteroatoms. The Kier molecular flexibility index (Phi) is 5.67. The molecule has 1 saturated heterocycles. The zero-order chi connectivity index (χ0) is 13.8. The molecule has 0 aromatic heterocycles. The van der Waals surface area contributed by atoms with E-state index >= 15 is 0 Å². The molecule has 2 fully saturated rings. The summed E-state index contributed by atoms with van der Waals surface area (Å²) in [4.78, 5) is 5.21. The number of nitrogens with zero attached hydrogens (tertiary/aromatic N) is 2. The maximum absolute atomic E-state index is 3.73. The predicted octanol–water partition coefficient (Wildman–Crippen LogP) is 2.18. The largest absolute Gasteiger partial charge is 0.313 e. The lowest BCUT2D eigenvalue weighted by Crippen LogP contribution is -2.57. The number of hydrogen-bond donors (Lipinski definition) is 1. The molecule has 1 heterocycles. The van der Waals surface area contributed by atoms with Crippen LogP contribution in [-0.2, 0) is 0 Å². The first-order chi connectivity index (χ1) is 9.11. The molecule has 1 saturated carbocycles. The van der Waals surface area contributed by atoms with E-state index in [0.717, 1.165) is 24.5 Å². The van der Waals surface area contributed by atoms with Crippen molar-refractivity contribution in [3.05, 3.63) is 0 Å². The standard InChI is InChI=1S/C16H33N3/c1-5-17-15-9-8-13(2)11-16(15)19(4)14-7-6-10-18(3)12-14/h13-17H,5-12H2,1-4H3. The van der Waals surface area contributed by atoms with Crippen LogP contribution in [0.3, 0.4) is 0 Å². The average Bonchev–Trinajstić information content (AvgIpc) is 2.40. The number of likely N-dealkylation sites (N-methyl/N-ethyl adjacent to an activating group) is 3. The molecular weight excluding hydrogens is 234 g/mol. The molecular formula is C16H33N3. The minimum Gasteiger partial charge on any atom is -0.313 e. The monoisotopic (exact) mass is 267 g/mol. The fourth-order valence-corrected chi connectivity index (χ4v) is 4.04. The summed E-state index contributed by atoms with van der Waals surface area (Å²) in [5, 5.41) is 3.73. The van der Waals surface area contributed by atoms with Crippen molar-refractivity contribution >= 4 is 0 Å². The van der Waals surface area contributed by atoms with Crippen LogP contribution in [0.5, 0.6) is 0 Å². The van der Waals surface area contributed by atoms with E-state index in [2.05, 4.69) is 43.1 Å². The van der Waals surface area contributed by atoms with Crippen LogP contribution in [0.4, 0.5) is 0 Å². The van der Waals surface area contributed by atoms with E-state index in [1.807, 2.05) is 0 Å². The molecule has 1 N–H and O–H groups in total. The third kappa shape index (κ3) is 3.93. The van der Waals surface area contributed by atoms with Crippen LogP contribution in [-0.4, -0.2) is 61.7 Å². The van der Waals surface area contributed by atoms with Crippen LogP contribution < -0.4 is 5.32 Å². The number of hydrogen-bond acceptors (Lipinski definition) is 3. The van der Waals surface area contributed by atoms with Gasteiger partial charge in [-0.05, 0) is 65.2 Å². The first-order valence-corrected chi connectivity index (χ1v) is 8.25. The molecule has 3 nitrogen and oxygen atoms in total. The molecule has 2 rings (SSSR count). The Labute approximate surface area is 119 Å². The number of piperidine rings is 1. The lowest BCUT2D eigenvalue weighted by Gasteiger charge is -2.46. The fourth-order valence-electron chi connectivity index (χ4n) is 4.04. The summed E-state index contributed by atoms with van der Waals surface area (Å²) in [5.74, 6) is 0.892. The second-order valence-electron chi connectivity index (χ2n) is 6.87. The Morgan fingerprint density at radius 3 is 2.74 bits per heavy atom. The van der Waals surface area contributed by atoms with Gasteiger partial charge >= 0.3 is 0 Å². The summed E-state index contributed by atoms with van der Waals surface area (Å²) >= 11 is 0. The number of nitrogens with one attached hydrogen (secondary N) is 1. The van der Waals surface area contributed by atoms with Crippen molar-refractivity contribution in [3.8, 4) is 0 Å². The van der Waals surface area contributed by atoms with Crippen LogP contribution in [0.15, 0.2) is 0 Å². The van der Waals surface area contributed by atoms with E-state index < -0.39 is 0 Å². The zero-order valence-corrected chi connectivity index (χ0v) is 13.4. The Morgan fingerprint density at radius 1 is 1.26 bits per heavy atom. The Balaban J connectivity index is 1.98. The molecule has 0 radical (unpaired) electrons. The van der Waals surface area contributed by atoms with E-state index in [1.165, 1.54) is 45.2 Å². The van der Waals surface area contributed by atoms with Gasteiger partial charge in [0.05, 0.1) is 0 Å².